The van der Waals surface area contributed by atoms with Crippen LogP contribution in [-0.2, 0) is 42.7 Å². The van der Waals surface area contributed by atoms with Crippen LogP contribution in [0.15, 0.2) is 0 Å². The maximum atomic E-state index is 14.1. The highest BCUT2D eigenvalue weighted by Crippen LogP contribution is 2.40. The molecule has 0 aromatic heterocycles. The summed E-state index contributed by atoms with van der Waals surface area (Å²) in [5, 5.41) is 46.4. The van der Waals surface area contributed by atoms with E-state index in [1.807, 2.05) is 32.8 Å². The van der Waals surface area contributed by atoms with Gasteiger partial charge in [-0.25, -0.2) is 0 Å². The Labute approximate surface area is 304 Å². The third kappa shape index (κ3) is 9.88. The van der Waals surface area contributed by atoms with Gasteiger partial charge in [0.2, 0.25) is 0 Å². The van der Waals surface area contributed by atoms with Crippen LogP contribution in [0.3, 0.4) is 0 Å². The van der Waals surface area contributed by atoms with E-state index in [1.54, 1.807) is 48.5 Å². The number of aliphatic hydroxyl groups is 4. The largest absolute Gasteiger partial charge is 0.462 e. The van der Waals surface area contributed by atoms with Gasteiger partial charge in [-0.2, -0.15) is 0 Å². The number of carbonyl (C=O) groups excluding carboxylic acids is 2. The van der Waals surface area contributed by atoms with Gasteiger partial charge in [-0.15, -0.1) is 0 Å². The maximum Gasteiger partial charge on any atom is 0.311 e. The fraction of sp³-hybridized carbons (Fsp3) is 0.946. The van der Waals surface area contributed by atoms with E-state index < -0.39 is 109 Å². The van der Waals surface area contributed by atoms with Gasteiger partial charge in [0.1, 0.15) is 24.1 Å². The molecule has 3 saturated heterocycles. The number of hydrogen-bond donors (Lipinski definition) is 4. The number of carbonyl (C=O) groups is 2. The van der Waals surface area contributed by atoms with Gasteiger partial charge < -0.3 is 58.5 Å². The fourth-order valence-electron chi connectivity index (χ4n) is 8.29. The second kappa shape index (κ2) is 18.4. The van der Waals surface area contributed by atoms with Crippen molar-refractivity contribution in [2.45, 2.75) is 161 Å². The summed E-state index contributed by atoms with van der Waals surface area (Å²) in [4.78, 5) is 29.8. The lowest BCUT2D eigenvalue weighted by molar-refractivity contribution is -0.353. The Bertz CT molecular complexity index is 1120. The summed E-state index contributed by atoms with van der Waals surface area (Å²) >= 11 is 0. The summed E-state index contributed by atoms with van der Waals surface area (Å²) in [5.74, 6) is -5.44. The quantitative estimate of drug-likeness (QED) is 0.266. The van der Waals surface area contributed by atoms with Gasteiger partial charge in [0.05, 0.1) is 42.0 Å². The summed E-state index contributed by atoms with van der Waals surface area (Å²) in [5.41, 5.74) is -1.75. The van der Waals surface area contributed by atoms with Crippen LogP contribution in [0.25, 0.3) is 0 Å². The monoisotopic (exact) mass is 733 g/mol. The maximum absolute atomic E-state index is 14.1. The molecule has 3 aliphatic rings. The molecule has 0 unspecified atom stereocenters. The zero-order chi connectivity index (χ0) is 38.7. The zero-order valence-electron chi connectivity index (χ0n) is 32.9. The van der Waals surface area contributed by atoms with E-state index in [1.165, 1.54) is 14.2 Å². The molecule has 0 saturated carbocycles. The van der Waals surface area contributed by atoms with Gasteiger partial charge >= 0.3 is 5.97 Å². The first-order chi connectivity index (χ1) is 23.7. The molecule has 51 heavy (non-hydrogen) atoms. The van der Waals surface area contributed by atoms with Crippen molar-refractivity contribution in [1.29, 1.82) is 0 Å². The number of rotatable bonds is 8. The van der Waals surface area contributed by atoms with Crippen LogP contribution in [0.2, 0.25) is 0 Å². The van der Waals surface area contributed by atoms with E-state index in [0.717, 1.165) is 0 Å². The number of hydrogen-bond acceptors (Lipinski definition) is 14. The van der Waals surface area contributed by atoms with Crippen LogP contribution < -0.4 is 0 Å². The first-order valence-corrected chi connectivity index (χ1v) is 18.6. The molecule has 14 nitrogen and oxygen atoms in total. The Balaban J connectivity index is 2.17. The Hall–Kier alpha value is -1.30. The van der Waals surface area contributed by atoms with Crippen molar-refractivity contribution < 1.29 is 63.2 Å². The molecule has 0 aromatic carbocycles. The Morgan fingerprint density at radius 1 is 0.784 bits per heavy atom. The molecule has 3 heterocycles. The molecular weight excluding hydrogens is 666 g/mol. The second-order valence-electron chi connectivity index (χ2n) is 15.9. The highest BCUT2D eigenvalue weighted by Gasteiger charge is 2.52. The summed E-state index contributed by atoms with van der Waals surface area (Å²) in [7, 11) is 6.57. The number of esters is 1. The molecule has 0 amide bonds. The minimum atomic E-state index is -1.75. The highest BCUT2D eigenvalue weighted by molar-refractivity contribution is 5.83. The van der Waals surface area contributed by atoms with E-state index in [4.69, 9.17) is 33.2 Å². The van der Waals surface area contributed by atoms with Crippen LogP contribution in [0.1, 0.15) is 81.6 Å². The average molecular weight is 734 g/mol. The van der Waals surface area contributed by atoms with Crippen molar-refractivity contribution in [3.63, 3.8) is 0 Å². The Morgan fingerprint density at radius 3 is 1.96 bits per heavy atom. The molecule has 0 spiro atoms. The molecule has 298 valence electrons. The Morgan fingerprint density at radius 2 is 1.41 bits per heavy atom. The number of aliphatic hydroxyl groups excluding tert-OH is 3. The SMILES string of the molecule is CC[C@H]1OC(=O)[C@H](C)[C@@H](O[C@H]2O[C@H](OC)[C@@H](OC)[C@@H](O)[C@@H]2C)[C@H](C)[C@@H](O[C@H]2O[C@@H](C)C[C@@H](N(C)C)[C@@H]2O)[C@](C)(O)C[C@@H](C)C(=O)[C@H](C)[C@@H](O)[C@@H]1C. The average Bonchev–Trinajstić information content (AvgIpc) is 3.08. The second-order valence-corrected chi connectivity index (χ2v) is 15.9. The van der Waals surface area contributed by atoms with Gasteiger partial charge in [0, 0.05) is 49.9 Å². The fourth-order valence-corrected chi connectivity index (χ4v) is 8.29. The predicted octanol–water partition coefficient (Wildman–Crippen LogP) is 2.11. The number of ketones is 1. The summed E-state index contributed by atoms with van der Waals surface area (Å²) in [6, 6.07) is -0.313. The minimum Gasteiger partial charge on any atom is -0.462 e. The van der Waals surface area contributed by atoms with Gasteiger partial charge in [0.25, 0.3) is 0 Å². The molecule has 0 aromatic rings. The molecule has 14 heteroatoms. The highest BCUT2D eigenvalue weighted by atomic mass is 16.8. The number of Topliss-reactive ketones (excluding diaryl/α,β-unsaturated/α-hetero) is 1. The molecule has 19 atom stereocenters. The van der Waals surface area contributed by atoms with Crippen molar-refractivity contribution in [2.24, 2.45) is 35.5 Å². The first kappa shape index (κ1) is 44.1. The van der Waals surface area contributed by atoms with Gasteiger partial charge in [0.15, 0.2) is 18.9 Å². The van der Waals surface area contributed by atoms with Crippen LogP contribution in [0, 0.1) is 35.5 Å². The number of cyclic esters (lactones) is 1. The van der Waals surface area contributed by atoms with Crippen molar-refractivity contribution in [1.82, 2.24) is 4.90 Å². The molecule has 0 radical (unpaired) electrons. The Kier molecular flexibility index (Phi) is 15.9. The van der Waals surface area contributed by atoms with Gasteiger partial charge in [-0.1, -0.05) is 41.5 Å². The van der Waals surface area contributed by atoms with Crippen LogP contribution in [0.4, 0.5) is 0 Å². The smallest absolute Gasteiger partial charge is 0.311 e. The number of likely N-dealkylation sites (N-methyl/N-ethyl adjacent to an activating group) is 1. The van der Waals surface area contributed by atoms with Crippen LogP contribution in [0.5, 0.6) is 0 Å². The van der Waals surface area contributed by atoms with Crippen LogP contribution in [-0.4, -0.2) is 145 Å². The van der Waals surface area contributed by atoms with Crippen LogP contribution >= 0.6 is 0 Å². The third-order valence-electron chi connectivity index (χ3n) is 11.6. The van der Waals surface area contributed by atoms with Crippen molar-refractivity contribution in [2.75, 3.05) is 28.3 Å². The molecule has 0 bridgehead atoms. The normalized spacial score (nSPS) is 48.3. The van der Waals surface area contributed by atoms with E-state index in [9.17, 15) is 30.0 Å². The summed E-state index contributed by atoms with van der Waals surface area (Å²) in [6.45, 7) is 15.5. The van der Waals surface area contributed by atoms with Gasteiger partial charge in [-0.05, 0) is 54.1 Å². The van der Waals surface area contributed by atoms with Gasteiger partial charge in [-0.3, -0.25) is 9.59 Å². The van der Waals surface area contributed by atoms with E-state index in [0.29, 0.717) is 12.8 Å². The lowest BCUT2D eigenvalue weighted by Crippen LogP contribution is -2.60. The van der Waals surface area contributed by atoms with E-state index in [-0.39, 0.29) is 24.3 Å². The van der Waals surface area contributed by atoms with E-state index in [2.05, 4.69) is 0 Å². The minimum absolute atomic E-state index is 0.0686. The molecule has 3 rings (SSSR count). The number of nitrogens with zero attached hydrogens (tertiary/aromatic N) is 1. The van der Waals surface area contributed by atoms with Crippen molar-refractivity contribution in [3.05, 3.63) is 0 Å². The zero-order valence-corrected chi connectivity index (χ0v) is 32.9. The first-order valence-electron chi connectivity index (χ1n) is 18.6. The van der Waals surface area contributed by atoms with Crippen molar-refractivity contribution in [3.8, 4) is 0 Å². The molecule has 0 aliphatic carbocycles. The van der Waals surface area contributed by atoms with E-state index >= 15 is 0 Å². The number of ether oxygens (including phenoxy) is 7. The molecular formula is C37H67NO13. The number of methoxy groups -OCH3 is 2. The third-order valence-corrected chi connectivity index (χ3v) is 11.6. The molecule has 3 aliphatic heterocycles. The topological polar surface area (TPSA) is 183 Å². The lowest BCUT2D eigenvalue weighted by atomic mass is 9.74. The predicted molar refractivity (Wildman–Crippen MR) is 186 cm³/mol. The summed E-state index contributed by atoms with van der Waals surface area (Å²) in [6.07, 6.45) is -9.73. The summed E-state index contributed by atoms with van der Waals surface area (Å²) < 4.78 is 42.6. The van der Waals surface area contributed by atoms with Crippen molar-refractivity contribution >= 4 is 11.8 Å². The molecule has 3 fully saturated rings. The lowest BCUT2D eigenvalue weighted by Gasteiger charge is -2.48. The standard InChI is InChI=1S/C37H67NO13/c1-14-25-19(4)27(40)20(5)26(39)17(2)16-37(9,44)32(50-35-29(42)24(38(10)11)15-18(3)47-35)22(7)30(23(8)33(43)48-25)49-34-21(6)28(41)31(45-12)36(46-13)51-34/h17-25,27-32,34-36,40-42,44H,14-16H2,1-13H3/t17-,18+,19-,20+,21+,22+,23-,24-,25-,27+,28+,29+,30+,31+,32-,34+,35-,36+,37-/m1/s1. The molecule has 4 N–H and O–H groups in total.